The maximum atomic E-state index is 14.5. The minimum atomic E-state index is -1.89. The Morgan fingerprint density at radius 1 is 0.694 bits per heavy atom. The van der Waals surface area contributed by atoms with Crippen molar-refractivity contribution in [1.82, 2.24) is 0 Å². The van der Waals surface area contributed by atoms with Crippen molar-refractivity contribution in [3.8, 4) is 0 Å². The zero-order valence-corrected chi connectivity index (χ0v) is 20.5. The van der Waals surface area contributed by atoms with E-state index in [0.29, 0.717) is 22.5 Å². The number of carbonyl (C=O) groups excluding carboxylic acids is 4. The Morgan fingerprint density at radius 3 is 1.42 bits per heavy atom. The number of likely N-dealkylation sites (N-methyl/N-ethyl adjacent to an activating group) is 2. The number of hydrogen-bond acceptors (Lipinski definition) is 6. The molecule has 5 rings (SSSR count). The van der Waals surface area contributed by atoms with Gasteiger partial charge in [-0.05, 0) is 49.3 Å². The number of benzene rings is 2. The third kappa shape index (κ3) is 2.58. The third-order valence-corrected chi connectivity index (χ3v) is 7.37. The van der Waals surface area contributed by atoms with Gasteiger partial charge in [0, 0.05) is 25.5 Å². The lowest BCUT2D eigenvalue weighted by atomic mass is 9.49. The Hall–Kier alpha value is -4.20. The maximum absolute atomic E-state index is 14.5. The highest BCUT2D eigenvalue weighted by molar-refractivity contribution is 6.27. The Kier molecular flexibility index (Phi) is 5.35. The van der Waals surface area contributed by atoms with Gasteiger partial charge in [-0.2, -0.15) is 0 Å². The Morgan fingerprint density at radius 2 is 1.06 bits per heavy atom. The number of amides is 2. The van der Waals surface area contributed by atoms with E-state index in [4.69, 9.17) is 9.47 Å². The van der Waals surface area contributed by atoms with E-state index in [0.717, 1.165) is 0 Å². The fourth-order valence-corrected chi connectivity index (χ4v) is 6.04. The average molecular weight is 487 g/mol. The van der Waals surface area contributed by atoms with Crippen molar-refractivity contribution in [2.75, 3.05) is 37.1 Å². The van der Waals surface area contributed by atoms with Crippen LogP contribution in [0, 0.1) is 0 Å². The highest BCUT2D eigenvalue weighted by atomic mass is 16.5. The summed E-state index contributed by atoms with van der Waals surface area (Å²) in [6, 6.07) is 14.0. The van der Waals surface area contributed by atoms with E-state index in [2.05, 4.69) is 0 Å². The number of rotatable bonds is 4. The molecular formula is C28H26N2O6. The zero-order chi connectivity index (χ0) is 25.8. The molecular weight excluding hydrogens is 460 g/mol. The van der Waals surface area contributed by atoms with Crippen LogP contribution in [0.1, 0.15) is 25.0 Å². The molecule has 2 heterocycles. The molecule has 36 heavy (non-hydrogen) atoms. The van der Waals surface area contributed by atoms with Gasteiger partial charge in [0.15, 0.2) is 0 Å². The van der Waals surface area contributed by atoms with Gasteiger partial charge >= 0.3 is 11.9 Å². The molecule has 2 spiro atoms. The van der Waals surface area contributed by atoms with Gasteiger partial charge in [0.2, 0.25) is 11.8 Å². The van der Waals surface area contributed by atoms with Crippen molar-refractivity contribution in [2.45, 2.75) is 24.7 Å². The molecule has 0 unspecified atom stereocenters. The van der Waals surface area contributed by atoms with Crippen molar-refractivity contribution in [3.63, 3.8) is 0 Å². The van der Waals surface area contributed by atoms with Crippen LogP contribution in [-0.4, -0.2) is 51.1 Å². The average Bonchev–Trinajstić information content (AvgIpc) is 3.24. The molecule has 2 amide bonds. The molecule has 0 aromatic heterocycles. The van der Waals surface area contributed by atoms with Crippen LogP contribution < -0.4 is 9.80 Å². The van der Waals surface area contributed by atoms with Crippen molar-refractivity contribution in [2.24, 2.45) is 0 Å². The monoisotopic (exact) mass is 486 g/mol. The summed E-state index contributed by atoms with van der Waals surface area (Å²) < 4.78 is 10.8. The number of hydrogen-bond donors (Lipinski definition) is 0. The Bertz CT molecular complexity index is 1290. The van der Waals surface area contributed by atoms with Crippen LogP contribution in [0.2, 0.25) is 0 Å². The lowest BCUT2D eigenvalue weighted by Crippen LogP contribution is -2.64. The standard InChI is InChI=1S/C28H26N2O6/c1-5-35-23(31)19-15-16-20(24(32)36-6-2)28(18-12-8-10-14-22(18)30(4)26(28)34)27(19)17-11-7-9-13-21(17)29(3)25(27)33/h7-16H,5-6H2,1-4H3/t27-,28+. The molecule has 2 aromatic rings. The normalized spacial score (nSPS) is 24.0. The van der Waals surface area contributed by atoms with Crippen molar-refractivity contribution in [3.05, 3.63) is 83.0 Å². The summed E-state index contributed by atoms with van der Waals surface area (Å²) in [5.74, 6) is -2.46. The fourth-order valence-electron chi connectivity index (χ4n) is 6.04. The SMILES string of the molecule is CCOC(=O)C1=CC=C(C(=O)OCC)[C@@]2(C(=O)N(C)c3ccccc32)[C@@]12C(=O)N(C)c1ccccc12. The second kappa shape index (κ2) is 8.19. The van der Waals surface area contributed by atoms with Gasteiger partial charge in [-0.1, -0.05) is 36.4 Å². The molecule has 8 heteroatoms. The second-order valence-corrected chi connectivity index (χ2v) is 8.86. The van der Waals surface area contributed by atoms with E-state index < -0.39 is 34.6 Å². The summed E-state index contributed by atoms with van der Waals surface area (Å²) >= 11 is 0. The van der Waals surface area contributed by atoms with Crippen molar-refractivity contribution < 1.29 is 28.7 Å². The number of carbonyl (C=O) groups is 4. The Labute approximate surface area is 208 Å². The molecule has 2 aromatic carbocycles. The number of esters is 2. The molecule has 0 saturated carbocycles. The molecule has 8 nitrogen and oxygen atoms in total. The number of allylic oxidation sites excluding steroid dienone is 2. The van der Waals surface area contributed by atoms with Gasteiger partial charge in [0.1, 0.15) is 10.8 Å². The minimum Gasteiger partial charge on any atom is -0.463 e. The first-order valence-electron chi connectivity index (χ1n) is 11.8. The zero-order valence-electron chi connectivity index (χ0n) is 20.5. The summed E-state index contributed by atoms with van der Waals surface area (Å²) in [6.07, 6.45) is 2.86. The van der Waals surface area contributed by atoms with E-state index in [1.54, 1.807) is 76.5 Å². The molecule has 0 saturated heterocycles. The first-order valence-corrected chi connectivity index (χ1v) is 11.8. The Balaban J connectivity index is 2.00. The molecule has 0 bridgehead atoms. The van der Waals surface area contributed by atoms with Gasteiger partial charge in [0.25, 0.3) is 0 Å². The summed E-state index contributed by atoms with van der Waals surface area (Å²) in [7, 11) is 3.20. The largest absolute Gasteiger partial charge is 0.463 e. The van der Waals surface area contributed by atoms with Gasteiger partial charge in [0.05, 0.1) is 24.4 Å². The molecule has 2 aliphatic heterocycles. The summed E-state index contributed by atoms with van der Waals surface area (Å²) in [5, 5.41) is 0. The van der Waals surface area contributed by atoms with E-state index >= 15 is 0 Å². The number of fused-ring (bicyclic) bond motifs is 5. The van der Waals surface area contributed by atoms with Gasteiger partial charge in [-0.15, -0.1) is 0 Å². The van der Waals surface area contributed by atoms with Gasteiger partial charge in [-0.3, -0.25) is 9.59 Å². The molecule has 0 N–H and O–H groups in total. The van der Waals surface area contributed by atoms with Crippen LogP contribution >= 0.6 is 0 Å². The lowest BCUT2D eigenvalue weighted by molar-refractivity contribution is -0.145. The van der Waals surface area contributed by atoms with Gasteiger partial charge < -0.3 is 19.3 Å². The summed E-state index contributed by atoms with van der Waals surface area (Å²) in [4.78, 5) is 59.0. The molecule has 0 radical (unpaired) electrons. The first kappa shape index (κ1) is 23.5. The predicted molar refractivity (Wildman–Crippen MR) is 132 cm³/mol. The maximum Gasteiger partial charge on any atom is 0.335 e. The van der Waals surface area contributed by atoms with E-state index in [1.807, 2.05) is 0 Å². The third-order valence-electron chi connectivity index (χ3n) is 7.37. The number of ether oxygens (including phenoxy) is 2. The molecule has 3 aliphatic rings. The minimum absolute atomic E-state index is 0.00217. The van der Waals surface area contributed by atoms with Crippen molar-refractivity contribution in [1.29, 1.82) is 0 Å². The molecule has 0 fully saturated rings. The second-order valence-electron chi connectivity index (χ2n) is 8.86. The first-order chi connectivity index (χ1) is 17.3. The van der Waals surface area contributed by atoms with Crippen LogP contribution in [0.3, 0.4) is 0 Å². The number of anilines is 2. The van der Waals surface area contributed by atoms with Crippen LogP contribution in [0.4, 0.5) is 11.4 Å². The summed E-state index contributed by atoms with van der Waals surface area (Å²) in [5.41, 5.74) is -1.80. The van der Waals surface area contributed by atoms with Crippen LogP contribution in [-0.2, 0) is 39.5 Å². The topological polar surface area (TPSA) is 93.2 Å². The van der Waals surface area contributed by atoms with Crippen LogP contribution in [0.15, 0.2) is 71.8 Å². The van der Waals surface area contributed by atoms with Crippen LogP contribution in [0.5, 0.6) is 0 Å². The number of nitrogens with zero attached hydrogens (tertiary/aromatic N) is 2. The van der Waals surface area contributed by atoms with E-state index in [9.17, 15) is 19.2 Å². The quantitative estimate of drug-likeness (QED) is 0.617. The fraction of sp³-hybridized carbons (Fsp3) is 0.286. The van der Waals surface area contributed by atoms with Crippen molar-refractivity contribution >= 4 is 35.1 Å². The molecule has 2 atom stereocenters. The predicted octanol–water partition coefficient (Wildman–Crippen LogP) is 2.81. The van der Waals surface area contributed by atoms with E-state index in [1.165, 1.54) is 22.0 Å². The number of para-hydroxylation sites is 2. The van der Waals surface area contributed by atoms with Gasteiger partial charge in [-0.25, -0.2) is 9.59 Å². The summed E-state index contributed by atoms with van der Waals surface area (Å²) in [6.45, 7) is 3.49. The smallest absolute Gasteiger partial charge is 0.335 e. The molecule has 184 valence electrons. The van der Waals surface area contributed by atoms with Crippen LogP contribution in [0.25, 0.3) is 0 Å². The highest BCUT2D eigenvalue weighted by Gasteiger charge is 2.76. The molecule has 1 aliphatic carbocycles. The van der Waals surface area contributed by atoms with E-state index in [-0.39, 0.29) is 24.4 Å². The lowest BCUT2D eigenvalue weighted by Gasteiger charge is -2.47. The highest BCUT2D eigenvalue weighted by Crippen LogP contribution is 2.65.